The van der Waals surface area contributed by atoms with Gasteiger partial charge in [-0.2, -0.15) is 22.0 Å². The molecule has 1 amide bonds. The van der Waals surface area contributed by atoms with Crippen molar-refractivity contribution in [3.8, 4) is 0 Å². The Morgan fingerprint density at radius 1 is 1.15 bits per heavy atom. The van der Waals surface area contributed by atoms with E-state index in [1.165, 1.54) is 5.32 Å². The Labute approximate surface area is 116 Å². The van der Waals surface area contributed by atoms with Crippen LogP contribution >= 0.6 is 15.9 Å². The molecule has 0 aliphatic heterocycles. The van der Waals surface area contributed by atoms with Crippen LogP contribution < -0.4 is 5.32 Å². The Balaban J connectivity index is 3.03. The SMILES string of the molecule is O=C(O)c1cc(NC(=O)C(F)(F)C(F)(F)F)ccc1Br. The molecular weight excluding hydrogens is 357 g/mol. The lowest BCUT2D eigenvalue weighted by atomic mass is 10.2. The van der Waals surface area contributed by atoms with Gasteiger partial charge >= 0.3 is 24.0 Å². The smallest absolute Gasteiger partial charge is 0.463 e. The Hall–Kier alpha value is -1.71. The molecule has 0 aliphatic carbocycles. The van der Waals surface area contributed by atoms with Crippen molar-refractivity contribution in [2.75, 3.05) is 5.32 Å². The first kappa shape index (κ1) is 16.3. The highest BCUT2D eigenvalue weighted by atomic mass is 79.9. The summed E-state index contributed by atoms with van der Waals surface area (Å²) in [5, 5.41) is 10.1. The van der Waals surface area contributed by atoms with Gasteiger partial charge in [0.2, 0.25) is 0 Å². The lowest BCUT2D eigenvalue weighted by molar-refractivity contribution is -0.267. The van der Waals surface area contributed by atoms with Gasteiger partial charge in [0.25, 0.3) is 0 Å². The van der Waals surface area contributed by atoms with Gasteiger partial charge < -0.3 is 10.4 Å². The first-order valence-corrected chi connectivity index (χ1v) is 5.55. The number of alkyl halides is 5. The number of aromatic carboxylic acids is 1. The minimum absolute atomic E-state index is 0.0746. The molecule has 0 saturated carbocycles. The number of carboxylic acid groups (broad SMARTS) is 1. The molecular formula is C10H5BrF5NO3. The summed E-state index contributed by atoms with van der Waals surface area (Å²) in [6.07, 6.45) is -6.04. The molecule has 1 aromatic rings. The van der Waals surface area contributed by atoms with Gasteiger partial charge in [0, 0.05) is 10.2 Å². The molecule has 0 bridgehead atoms. The van der Waals surface area contributed by atoms with Gasteiger partial charge in [-0.1, -0.05) is 0 Å². The molecule has 2 N–H and O–H groups in total. The minimum atomic E-state index is -6.04. The average molecular weight is 362 g/mol. The van der Waals surface area contributed by atoms with Crippen molar-refractivity contribution in [1.82, 2.24) is 0 Å². The minimum Gasteiger partial charge on any atom is -0.478 e. The molecule has 0 heterocycles. The number of benzene rings is 1. The highest BCUT2D eigenvalue weighted by Gasteiger charge is 2.63. The van der Waals surface area contributed by atoms with Crippen LogP contribution in [0.1, 0.15) is 10.4 Å². The van der Waals surface area contributed by atoms with E-state index in [-0.39, 0.29) is 4.47 Å². The molecule has 0 unspecified atom stereocenters. The van der Waals surface area contributed by atoms with E-state index >= 15 is 0 Å². The number of nitrogens with one attached hydrogen (secondary N) is 1. The number of carboxylic acids is 1. The maximum Gasteiger partial charge on any atom is 0.463 e. The topological polar surface area (TPSA) is 66.4 Å². The molecule has 4 nitrogen and oxygen atoms in total. The third kappa shape index (κ3) is 3.24. The van der Waals surface area contributed by atoms with E-state index in [9.17, 15) is 31.5 Å². The van der Waals surface area contributed by atoms with E-state index in [4.69, 9.17) is 5.11 Å². The monoisotopic (exact) mass is 361 g/mol. The van der Waals surface area contributed by atoms with Crippen molar-refractivity contribution < 1.29 is 36.6 Å². The lowest BCUT2D eigenvalue weighted by Gasteiger charge is -2.18. The third-order valence-corrected chi connectivity index (χ3v) is 2.79. The second-order valence-electron chi connectivity index (χ2n) is 3.53. The molecule has 110 valence electrons. The summed E-state index contributed by atoms with van der Waals surface area (Å²) < 4.78 is 61.3. The van der Waals surface area contributed by atoms with Crippen molar-refractivity contribution in [3.05, 3.63) is 28.2 Å². The molecule has 0 fully saturated rings. The summed E-state index contributed by atoms with van der Waals surface area (Å²) in [5.74, 6) is -9.62. The van der Waals surface area contributed by atoms with Crippen molar-refractivity contribution >= 4 is 33.5 Å². The maximum atomic E-state index is 12.7. The molecule has 0 aromatic heterocycles. The second-order valence-corrected chi connectivity index (χ2v) is 4.38. The Morgan fingerprint density at radius 2 is 1.70 bits per heavy atom. The van der Waals surface area contributed by atoms with Crippen LogP contribution in [0.4, 0.5) is 27.6 Å². The van der Waals surface area contributed by atoms with Gasteiger partial charge in [0.1, 0.15) is 0 Å². The summed E-state index contributed by atoms with van der Waals surface area (Å²) in [6.45, 7) is 0. The zero-order valence-corrected chi connectivity index (χ0v) is 10.8. The van der Waals surface area contributed by atoms with Gasteiger partial charge in [-0.3, -0.25) is 4.79 Å². The summed E-state index contributed by atoms with van der Waals surface area (Å²) in [4.78, 5) is 21.7. The Bertz CT molecular complexity index is 558. The summed E-state index contributed by atoms with van der Waals surface area (Å²) >= 11 is 2.85. The number of amides is 1. The first-order chi connectivity index (χ1) is 8.96. The summed E-state index contributed by atoms with van der Waals surface area (Å²) in [5.41, 5.74) is -0.905. The number of halogens is 6. The number of anilines is 1. The molecule has 0 aliphatic rings. The number of carbonyl (C=O) groups excluding carboxylic acids is 1. The normalized spacial score (nSPS) is 12.1. The lowest BCUT2D eigenvalue weighted by Crippen LogP contribution is -2.47. The Morgan fingerprint density at radius 3 is 2.15 bits per heavy atom. The highest BCUT2D eigenvalue weighted by Crippen LogP contribution is 2.36. The van der Waals surface area contributed by atoms with Crippen LogP contribution in [0.25, 0.3) is 0 Å². The molecule has 0 saturated heterocycles. The van der Waals surface area contributed by atoms with Crippen molar-refractivity contribution in [2.45, 2.75) is 12.1 Å². The molecule has 20 heavy (non-hydrogen) atoms. The van der Waals surface area contributed by atoms with E-state index in [1.807, 2.05) is 0 Å². The predicted molar refractivity (Wildman–Crippen MR) is 60.7 cm³/mol. The van der Waals surface area contributed by atoms with Gasteiger partial charge in [-0.25, -0.2) is 4.79 Å². The fourth-order valence-electron chi connectivity index (χ4n) is 1.11. The van der Waals surface area contributed by atoms with Crippen LogP contribution in [0.15, 0.2) is 22.7 Å². The van der Waals surface area contributed by atoms with Crippen LogP contribution in [0.5, 0.6) is 0 Å². The maximum absolute atomic E-state index is 12.7. The van der Waals surface area contributed by atoms with Crippen molar-refractivity contribution in [1.29, 1.82) is 0 Å². The Kier molecular flexibility index (Phi) is 4.37. The summed E-state index contributed by atoms with van der Waals surface area (Å²) in [6, 6.07) is 2.81. The largest absolute Gasteiger partial charge is 0.478 e. The van der Waals surface area contributed by atoms with Gasteiger partial charge in [0.05, 0.1) is 5.56 Å². The molecule has 0 spiro atoms. The number of rotatable bonds is 3. The van der Waals surface area contributed by atoms with E-state index in [2.05, 4.69) is 15.9 Å². The zero-order chi connectivity index (χ0) is 15.7. The first-order valence-electron chi connectivity index (χ1n) is 4.75. The molecule has 0 atom stereocenters. The van der Waals surface area contributed by atoms with Crippen molar-refractivity contribution in [2.24, 2.45) is 0 Å². The highest BCUT2D eigenvalue weighted by molar-refractivity contribution is 9.10. The van der Waals surface area contributed by atoms with Crippen molar-refractivity contribution in [3.63, 3.8) is 0 Å². The number of carbonyl (C=O) groups is 2. The summed E-state index contributed by atoms with van der Waals surface area (Å²) in [7, 11) is 0. The predicted octanol–water partition coefficient (Wildman–Crippen LogP) is 3.28. The second kappa shape index (κ2) is 5.35. The van der Waals surface area contributed by atoms with Crippen LogP contribution in [-0.2, 0) is 4.79 Å². The van der Waals surface area contributed by atoms with E-state index < -0.39 is 35.2 Å². The number of hydrogen-bond donors (Lipinski definition) is 2. The van der Waals surface area contributed by atoms with Gasteiger partial charge in [-0.05, 0) is 34.1 Å². The van der Waals surface area contributed by atoms with Crippen LogP contribution in [0.3, 0.4) is 0 Å². The van der Waals surface area contributed by atoms with Crippen LogP contribution in [0.2, 0.25) is 0 Å². The average Bonchev–Trinajstić information content (AvgIpc) is 2.29. The molecule has 0 radical (unpaired) electrons. The molecule has 1 rings (SSSR count). The molecule has 1 aromatic carbocycles. The quantitative estimate of drug-likeness (QED) is 0.812. The third-order valence-electron chi connectivity index (χ3n) is 2.10. The fourth-order valence-corrected chi connectivity index (χ4v) is 1.52. The number of hydrogen-bond acceptors (Lipinski definition) is 2. The van der Waals surface area contributed by atoms with Gasteiger partial charge in [0.15, 0.2) is 0 Å². The van der Waals surface area contributed by atoms with E-state index in [0.29, 0.717) is 0 Å². The van der Waals surface area contributed by atoms with E-state index in [1.54, 1.807) is 0 Å². The van der Waals surface area contributed by atoms with Crippen LogP contribution in [-0.4, -0.2) is 29.1 Å². The zero-order valence-electron chi connectivity index (χ0n) is 9.26. The van der Waals surface area contributed by atoms with Gasteiger partial charge in [-0.15, -0.1) is 0 Å². The van der Waals surface area contributed by atoms with E-state index in [0.717, 1.165) is 18.2 Å². The van der Waals surface area contributed by atoms with Crippen LogP contribution in [0, 0.1) is 0 Å². The molecule has 10 heteroatoms. The fraction of sp³-hybridized carbons (Fsp3) is 0.200. The standard InChI is InChI=1S/C10H5BrF5NO3/c11-6-2-1-4(3-5(6)7(18)19)17-8(20)9(12,13)10(14,15)16/h1-3H,(H,17,20)(H,18,19).